The number of rotatable bonds is 4. The van der Waals surface area contributed by atoms with E-state index in [1.165, 1.54) is 0 Å². The van der Waals surface area contributed by atoms with Gasteiger partial charge in [-0.2, -0.15) is 0 Å². The first-order valence-corrected chi connectivity index (χ1v) is 6.37. The standard InChI is InChI=1S/C15H20N2O/c1-11(2)8-9-16-10-13-12-6-4-5-7-14(12)17(3)15(13)18/h4-7,10-11,18H,8-9H2,1-3H3. The van der Waals surface area contributed by atoms with Crippen molar-refractivity contribution in [2.24, 2.45) is 18.0 Å². The summed E-state index contributed by atoms with van der Waals surface area (Å²) in [7, 11) is 1.86. The molecule has 2 rings (SSSR count). The SMILES string of the molecule is CC(C)CCN=Cc1c(O)n(C)c2ccccc12. The molecular weight excluding hydrogens is 224 g/mol. The van der Waals surface area contributed by atoms with E-state index in [0.29, 0.717) is 5.92 Å². The maximum Gasteiger partial charge on any atom is 0.200 e. The number of hydrogen-bond acceptors (Lipinski definition) is 2. The number of hydrogen-bond donors (Lipinski definition) is 1. The van der Waals surface area contributed by atoms with Crippen LogP contribution in [0.1, 0.15) is 25.8 Å². The maximum absolute atomic E-state index is 10.1. The second-order valence-corrected chi connectivity index (χ2v) is 5.03. The summed E-state index contributed by atoms with van der Waals surface area (Å²) in [6.07, 6.45) is 2.86. The fourth-order valence-electron chi connectivity index (χ4n) is 2.02. The number of aryl methyl sites for hydroxylation is 1. The van der Waals surface area contributed by atoms with Crippen molar-refractivity contribution < 1.29 is 5.11 Å². The van der Waals surface area contributed by atoms with E-state index >= 15 is 0 Å². The van der Waals surface area contributed by atoms with Crippen LogP contribution in [0.5, 0.6) is 5.88 Å². The van der Waals surface area contributed by atoms with Gasteiger partial charge in [0.05, 0.1) is 11.1 Å². The predicted molar refractivity (Wildman–Crippen MR) is 76.5 cm³/mol. The lowest BCUT2D eigenvalue weighted by Gasteiger charge is -1.99. The van der Waals surface area contributed by atoms with E-state index in [1.807, 2.05) is 31.3 Å². The van der Waals surface area contributed by atoms with Crippen LogP contribution in [0.15, 0.2) is 29.3 Å². The summed E-state index contributed by atoms with van der Waals surface area (Å²) in [5.74, 6) is 0.938. The van der Waals surface area contributed by atoms with Crippen molar-refractivity contribution in [3.05, 3.63) is 29.8 Å². The van der Waals surface area contributed by atoms with Crippen LogP contribution in [0.3, 0.4) is 0 Å². The Bertz CT molecular complexity index is 567. The lowest BCUT2D eigenvalue weighted by Crippen LogP contribution is -1.91. The van der Waals surface area contributed by atoms with Gasteiger partial charge in [-0.15, -0.1) is 0 Å². The Hall–Kier alpha value is -1.77. The molecule has 0 bridgehead atoms. The fraction of sp³-hybridized carbons (Fsp3) is 0.400. The molecule has 1 aromatic carbocycles. The van der Waals surface area contributed by atoms with Crippen molar-refractivity contribution in [2.75, 3.05) is 6.54 Å². The van der Waals surface area contributed by atoms with Crippen molar-refractivity contribution in [1.29, 1.82) is 0 Å². The Morgan fingerprint density at radius 1 is 1.33 bits per heavy atom. The number of fused-ring (bicyclic) bond motifs is 1. The zero-order valence-electron chi connectivity index (χ0n) is 11.2. The van der Waals surface area contributed by atoms with Gasteiger partial charge in [-0.25, -0.2) is 0 Å². The van der Waals surface area contributed by atoms with Gasteiger partial charge in [-0.3, -0.25) is 4.99 Å². The predicted octanol–water partition coefficient (Wildman–Crippen LogP) is 3.35. The molecule has 1 aromatic heterocycles. The number of aromatic hydroxyl groups is 1. The monoisotopic (exact) mass is 244 g/mol. The van der Waals surface area contributed by atoms with Crippen molar-refractivity contribution in [3.8, 4) is 5.88 Å². The maximum atomic E-state index is 10.1. The molecule has 0 fully saturated rings. The summed E-state index contributed by atoms with van der Waals surface area (Å²) in [5.41, 5.74) is 1.84. The molecule has 1 N–H and O–H groups in total. The van der Waals surface area contributed by atoms with Crippen LogP contribution in [0.4, 0.5) is 0 Å². The highest BCUT2D eigenvalue weighted by Crippen LogP contribution is 2.28. The van der Waals surface area contributed by atoms with Crippen molar-refractivity contribution in [3.63, 3.8) is 0 Å². The zero-order valence-corrected chi connectivity index (χ0v) is 11.2. The first kappa shape index (κ1) is 12.7. The Morgan fingerprint density at radius 3 is 2.78 bits per heavy atom. The summed E-state index contributed by atoms with van der Waals surface area (Å²) in [6.45, 7) is 5.18. The molecule has 0 atom stereocenters. The molecule has 0 aliphatic carbocycles. The van der Waals surface area contributed by atoms with Crippen molar-refractivity contribution in [1.82, 2.24) is 4.57 Å². The van der Waals surface area contributed by atoms with E-state index in [-0.39, 0.29) is 5.88 Å². The molecule has 0 saturated carbocycles. The zero-order chi connectivity index (χ0) is 13.1. The third-order valence-electron chi connectivity index (χ3n) is 3.17. The fourth-order valence-corrected chi connectivity index (χ4v) is 2.02. The van der Waals surface area contributed by atoms with Gasteiger partial charge in [0.25, 0.3) is 0 Å². The average Bonchev–Trinajstić information content (AvgIpc) is 2.59. The van der Waals surface area contributed by atoms with Gasteiger partial charge in [0.2, 0.25) is 5.88 Å². The van der Waals surface area contributed by atoms with Crippen LogP contribution in [-0.2, 0) is 7.05 Å². The third kappa shape index (κ3) is 2.40. The normalized spacial score (nSPS) is 12.0. The molecule has 0 aliphatic heterocycles. The molecule has 0 spiro atoms. The minimum Gasteiger partial charge on any atom is -0.494 e. The molecule has 0 saturated heterocycles. The highest BCUT2D eigenvalue weighted by molar-refractivity contribution is 6.02. The summed E-state index contributed by atoms with van der Waals surface area (Å²) in [6, 6.07) is 7.97. The molecule has 96 valence electrons. The smallest absolute Gasteiger partial charge is 0.200 e. The van der Waals surface area contributed by atoms with Gasteiger partial charge in [-0.1, -0.05) is 32.0 Å². The quantitative estimate of drug-likeness (QED) is 0.823. The van der Waals surface area contributed by atoms with E-state index in [0.717, 1.165) is 29.4 Å². The number of aliphatic imine (C=N–C) groups is 1. The van der Waals surface area contributed by atoms with E-state index in [4.69, 9.17) is 0 Å². The van der Waals surface area contributed by atoms with Crippen LogP contribution in [0.25, 0.3) is 10.9 Å². The first-order valence-electron chi connectivity index (χ1n) is 6.37. The Labute approximate surface area is 108 Å². The average molecular weight is 244 g/mol. The first-order chi connectivity index (χ1) is 8.61. The molecule has 3 nitrogen and oxygen atoms in total. The van der Waals surface area contributed by atoms with E-state index < -0.39 is 0 Å². The number of nitrogens with zero attached hydrogens (tertiary/aromatic N) is 2. The Kier molecular flexibility index (Phi) is 3.70. The molecule has 0 radical (unpaired) electrons. The minimum absolute atomic E-state index is 0.282. The summed E-state index contributed by atoms with van der Waals surface area (Å²) in [4.78, 5) is 4.41. The Balaban J connectivity index is 2.30. The van der Waals surface area contributed by atoms with Crippen LogP contribution >= 0.6 is 0 Å². The van der Waals surface area contributed by atoms with Crippen LogP contribution in [0, 0.1) is 5.92 Å². The summed E-state index contributed by atoms with van der Waals surface area (Å²) >= 11 is 0. The lowest BCUT2D eigenvalue weighted by atomic mass is 10.1. The van der Waals surface area contributed by atoms with Gasteiger partial charge in [0.1, 0.15) is 0 Å². The van der Waals surface area contributed by atoms with E-state index in [9.17, 15) is 5.11 Å². The molecule has 3 heteroatoms. The summed E-state index contributed by atoms with van der Waals surface area (Å²) < 4.78 is 1.79. The molecular formula is C15H20N2O. The molecule has 0 unspecified atom stereocenters. The second kappa shape index (κ2) is 5.25. The van der Waals surface area contributed by atoms with Gasteiger partial charge in [0.15, 0.2) is 0 Å². The molecule has 1 heterocycles. The minimum atomic E-state index is 0.282. The van der Waals surface area contributed by atoms with Gasteiger partial charge < -0.3 is 9.67 Å². The topological polar surface area (TPSA) is 37.5 Å². The van der Waals surface area contributed by atoms with E-state index in [2.05, 4.69) is 18.8 Å². The van der Waals surface area contributed by atoms with Crippen molar-refractivity contribution >= 4 is 17.1 Å². The van der Waals surface area contributed by atoms with Crippen LogP contribution in [0.2, 0.25) is 0 Å². The van der Waals surface area contributed by atoms with Gasteiger partial charge in [-0.05, 0) is 18.4 Å². The number of aromatic nitrogens is 1. The third-order valence-corrected chi connectivity index (χ3v) is 3.17. The van der Waals surface area contributed by atoms with Gasteiger partial charge >= 0.3 is 0 Å². The van der Waals surface area contributed by atoms with Gasteiger partial charge in [0, 0.05) is 25.2 Å². The van der Waals surface area contributed by atoms with Crippen LogP contribution < -0.4 is 0 Å². The molecule has 18 heavy (non-hydrogen) atoms. The van der Waals surface area contributed by atoms with E-state index in [1.54, 1.807) is 10.8 Å². The number of para-hydroxylation sites is 1. The highest BCUT2D eigenvalue weighted by atomic mass is 16.3. The van der Waals surface area contributed by atoms with Crippen LogP contribution in [-0.4, -0.2) is 22.4 Å². The molecule has 0 aliphatic rings. The Morgan fingerprint density at radius 2 is 2.06 bits per heavy atom. The molecule has 2 aromatic rings. The molecule has 0 amide bonds. The highest BCUT2D eigenvalue weighted by Gasteiger charge is 2.11. The second-order valence-electron chi connectivity index (χ2n) is 5.03. The lowest BCUT2D eigenvalue weighted by molar-refractivity contribution is 0.434. The summed E-state index contributed by atoms with van der Waals surface area (Å²) in [5, 5.41) is 11.1. The number of benzene rings is 1. The largest absolute Gasteiger partial charge is 0.494 e. The van der Waals surface area contributed by atoms with Crippen molar-refractivity contribution in [2.45, 2.75) is 20.3 Å².